The van der Waals surface area contributed by atoms with E-state index < -0.39 is 0 Å². The molecule has 1 saturated carbocycles. The zero-order valence-electron chi connectivity index (χ0n) is 12.5. The third-order valence-corrected chi connectivity index (χ3v) is 4.96. The number of nitrogens with zero attached hydrogens (tertiary/aromatic N) is 2. The average Bonchev–Trinajstić information content (AvgIpc) is 2.42. The van der Waals surface area contributed by atoms with Gasteiger partial charge in [-0.25, -0.2) is 0 Å². The van der Waals surface area contributed by atoms with Crippen LogP contribution in [-0.2, 0) is 4.79 Å². The van der Waals surface area contributed by atoms with E-state index in [1.165, 1.54) is 0 Å². The Bertz CT molecular complexity index is 300. The van der Waals surface area contributed by atoms with Crippen molar-refractivity contribution in [2.24, 2.45) is 11.7 Å². The molecular weight excluding hydrogens is 238 g/mol. The molecule has 4 heteroatoms. The van der Waals surface area contributed by atoms with Crippen LogP contribution in [0.3, 0.4) is 0 Å². The molecule has 1 heterocycles. The minimum Gasteiger partial charge on any atom is -0.340 e. The van der Waals surface area contributed by atoms with Gasteiger partial charge in [-0.05, 0) is 45.1 Å². The fraction of sp³-hybridized carbons (Fsp3) is 0.933. The summed E-state index contributed by atoms with van der Waals surface area (Å²) in [5.74, 6) is 0.944. The highest BCUT2D eigenvalue weighted by Crippen LogP contribution is 2.26. The van der Waals surface area contributed by atoms with Gasteiger partial charge in [0.2, 0.25) is 5.91 Å². The van der Waals surface area contributed by atoms with Crippen molar-refractivity contribution in [3.8, 4) is 0 Å². The summed E-state index contributed by atoms with van der Waals surface area (Å²) in [5.41, 5.74) is 5.92. The Morgan fingerprint density at radius 1 is 1.21 bits per heavy atom. The number of likely N-dealkylation sites (N-methyl/N-ethyl adjacent to an activating group) is 1. The van der Waals surface area contributed by atoms with Crippen LogP contribution in [0.25, 0.3) is 0 Å². The molecule has 0 aromatic rings. The van der Waals surface area contributed by atoms with Gasteiger partial charge in [-0.3, -0.25) is 9.69 Å². The lowest BCUT2D eigenvalue weighted by atomic mass is 9.84. The monoisotopic (exact) mass is 267 g/mol. The molecule has 2 rings (SSSR count). The maximum absolute atomic E-state index is 12.4. The zero-order chi connectivity index (χ0) is 13.8. The molecule has 1 unspecified atom stereocenters. The second-order valence-corrected chi connectivity index (χ2v) is 6.37. The molecule has 0 bridgehead atoms. The molecule has 1 amide bonds. The van der Waals surface area contributed by atoms with E-state index in [1.807, 2.05) is 0 Å². The number of hydrogen-bond donors (Lipinski definition) is 1. The Morgan fingerprint density at radius 3 is 2.53 bits per heavy atom. The number of nitrogens with two attached hydrogens (primary N) is 1. The van der Waals surface area contributed by atoms with E-state index in [0.29, 0.717) is 23.9 Å². The first kappa shape index (κ1) is 14.8. The first-order valence-corrected chi connectivity index (χ1v) is 7.83. The largest absolute Gasteiger partial charge is 0.340 e. The molecule has 0 spiro atoms. The molecule has 1 aliphatic carbocycles. The van der Waals surface area contributed by atoms with Crippen LogP contribution in [0.2, 0.25) is 0 Å². The Morgan fingerprint density at radius 2 is 1.89 bits per heavy atom. The topological polar surface area (TPSA) is 49.6 Å². The van der Waals surface area contributed by atoms with Gasteiger partial charge in [0.05, 0.1) is 0 Å². The van der Waals surface area contributed by atoms with Crippen molar-refractivity contribution < 1.29 is 4.79 Å². The second kappa shape index (κ2) is 6.71. The maximum atomic E-state index is 12.4. The summed E-state index contributed by atoms with van der Waals surface area (Å²) in [6, 6.07) is 0.914. The highest BCUT2D eigenvalue weighted by molar-refractivity contribution is 5.76. The van der Waals surface area contributed by atoms with Gasteiger partial charge >= 0.3 is 0 Å². The number of rotatable bonds is 3. The molecule has 4 nitrogen and oxygen atoms in total. The van der Waals surface area contributed by atoms with Crippen molar-refractivity contribution in [3.63, 3.8) is 0 Å². The summed E-state index contributed by atoms with van der Waals surface area (Å²) in [4.78, 5) is 16.9. The van der Waals surface area contributed by atoms with Gasteiger partial charge in [0, 0.05) is 38.1 Å². The molecule has 2 N–H and O–H groups in total. The van der Waals surface area contributed by atoms with E-state index in [0.717, 1.165) is 58.2 Å². The van der Waals surface area contributed by atoms with Crippen molar-refractivity contribution in [2.75, 3.05) is 26.7 Å². The predicted molar refractivity (Wildman–Crippen MR) is 77.8 cm³/mol. The van der Waals surface area contributed by atoms with Crippen molar-refractivity contribution in [1.29, 1.82) is 0 Å². The number of piperazine rings is 1. The molecule has 0 radical (unpaired) electrons. The molecule has 0 aromatic carbocycles. The van der Waals surface area contributed by atoms with Crippen LogP contribution in [0.4, 0.5) is 0 Å². The van der Waals surface area contributed by atoms with E-state index in [9.17, 15) is 4.79 Å². The first-order chi connectivity index (χ1) is 9.10. The third kappa shape index (κ3) is 3.93. The lowest BCUT2D eigenvalue weighted by Crippen LogP contribution is -2.53. The normalized spacial score (nSPS) is 33.4. The molecular formula is C15H29N3O. The van der Waals surface area contributed by atoms with Crippen molar-refractivity contribution >= 4 is 5.91 Å². The molecule has 1 atom stereocenters. The molecule has 110 valence electrons. The summed E-state index contributed by atoms with van der Waals surface area (Å²) in [7, 11) is 2.17. The molecule has 1 aliphatic heterocycles. The van der Waals surface area contributed by atoms with Crippen molar-refractivity contribution in [2.45, 2.75) is 57.5 Å². The van der Waals surface area contributed by atoms with Crippen LogP contribution in [0.1, 0.15) is 45.4 Å². The second-order valence-electron chi connectivity index (χ2n) is 6.37. The zero-order valence-corrected chi connectivity index (χ0v) is 12.5. The van der Waals surface area contributed by atoms with E-state index in [4.69, 9.17) is 5.73 Å². The fourth-order valence-electron chi connectivity index (χ4n) is 3.38. The van der Waals surface area contributed by atoms with Crippen LogP contribution in [0, 0.1) is 5.92 Å². The predicted octanol–water partition coefficient (Wildman–Crippen LogP) is 1.45. The summed E-state index contributed by atoms with van der Waals surface area (Å²) in [6.07, 6.45) is 6.33. The SMILES string of the molecule is CCC1CN(C(=O)CC2CCC(N)CC2)CCN1C. The summed E-state index contributed by atoms with van der Waals surface area (Å²) >= 11 is 0. The van der Waals surface area contributed by atoms with Crippen molar-refractivity contribution in [3.05, 3.63) is 0 Å². The highest BCUT2D eigenvalue weighted by atomic mass is 16.2. The van der Waals surface area contributed by atoms with E-state index in [1.54, 1.807) is 0 Å². The minimum absolute atomic E-state index is 0.368. The lowest BCUT2D eigenvalue weighted by molar-refractivity contribution is -0.135. The van der Waals surface area contributed by atoms with Gasteiger partial charge in [-0.2, -0.15) is 0 Å². The van der Waals surface area contributed by atoms with Gasteiger partial charge in [0.1, 0.15) is 0 Å². The Balaban J connectivity index is 1.80. The maximum Gasteiger partial charge on any atom is 0.222 e. The first-order valence-electron chi connectivity index (χ1n) is 7.83. The van der Waals surface area contributed by atoms with Gasteiger partial charge < -0.3 is 10.6 Å². The molecule has 19 heavy (non-hydrogen) atoms. The molecule has 2 fully saturated rings. The molecule has 1 saturated heterocycles. The standard InChI is InChI=1S/C15H29N3O/c1-3-14-11-18(9-8-17(14)2)15(19)10-12-4-6-13(16)7-5-12/h12-14H,3-11,16H2,1-2H3. The number of carbonyl (C=O) groups is 1. The number of carbonyl (C=O) groups excluding carboxylic acids is 1. The number of hydrogen-bond acceptors (Lipinski definition) is 3. The van der Waals surface area contributed by atoms with Gasteiger partial charge in [-0.15, -0.1) is 0 Å². The Labute approximate surface area is 117 Å². The average molecular weight is 267 g/mol. The highest BCUT2D eigenvalue weighted by Gasteiger charge is 2.28. The molecule has 2 aliphatic rings. The Kier molecular flexibility index (Phi) is 5.22. The van der Waals surface area contributed by atoms with E-state index in [-0.39, 0.29) is 0 Å². The van der Waals surface area contributed by atoms with Gasteiger partial charge in [0.15, 0.2) is 0 Å². The van der Waals surface area contributed by atoms with Crippen LogP contribution in [-0.4, -0.2) is 54.5 Å². The number of amides is 1. The van der Waals surface area contributed by atoms with Crippen LogP contribution >= 0.6 is 0 Å². The third-order valence-electron chi connectivity index (χ3n) is 4.96. The van der Waals surface area contributed by atoms with Crippen LogP contribution < -0.4 is 5.73 Å². The fourth-order valence-corrected chi connectivity index (χ4v) is 3.38. The summed E-state index contributed by atoms with van der Waals surface area (Å²) in [6.45, 7) is 5.04. The smallest absolute Gasteiger partial charge is 0.222 e. The van der Waals surface area contributed by atoms with Crippen LogP contribution in [0.15, 0.2) is 0 Å². The summed E-state index contributed by atoms with van der Waals surface area (Å²) < 4.78 is 0. The van der Waals surface area contributed by atoms with Crippen LogP contribution in [0.5, 0.6) is 0 Å². The molecule has 0 aromatic heterocycles. The lowest BCUT2D eigenvalue weighted by Gasteiger charge is -2.39. The van der Waals surface area contributed by atoms with Gasteiger partial charge in [-0.1, -0.05) is 6.92 Å². The van der Waals surface area contributed by atoms with E-state index >= 15 is 0 Å². The minimum atomic E-state index is 0.368. The quantitative estimate of drug-likeness (QED) is 0.842. The Hall–Kier alpha value is -0.610. The van der Waals surface area contributed by atoms with Crippen molar-refractivity contribution in [1.82, 2.24) is 9.80 Å². The summed E-state index contributed by atoms with van der Waals surface area (Å²) in [5, 5.41) is 0. The van der Waals surface area contributed by atoms with Gasteiger partial charge in [0.25, 0.3) is 0 Å². The van der Waals surface area contributed by atoms with E-state index in [2.05, 4.69) is 23.8 Å².